The molecule has 1 aromatic carbocycles. The lowest BCUT2D eigenvalue weighted by Crippen LogP contribution is -2.44. The molecule has 1 unspecified atom stereocenters. The Bertz CT molecular complexity index is 621. The number of carbonyl (C=O) groups is 1. The van der Waals surface area contributed by atoms with Gasteiger partial charge in [0, 0.05) is 13.1 Å². The topological polar surface area (TPSA) is 79.4 Å². The Labute approximate surface area is 168 Å². The molecule has 27 heavy (non-hydrogen) atoms. The van der Waals surface area contributed by atoms with Crippen molar-refractivity contribution in [2.24, 2.45) is 17.6 Å². The SMILES string of the molecule is CC(C(=O)Oc1ccc(C2CCCCC2)cc1)C1CCN(C(=N)N)CC1.Cl. The van der Waals surface area contributed by atoms with Gasteiger partial charge in [-0.05, 0) is 55.2 Å². The van der Waals surface area contributed by atoms with E-state index in [-0.39, 0.29) is 30.3 Å². The number of likely N-dealkylation sites (tertiary alicyclic amines) is 1. The summed E-state index contributed by atoms with van der Waals surface area (Å²) in [6, 6.07) is 8.11. The highest BCUT2D eigenvalue weighted by molar-refractivity contribution is 5.85. The first kappa shape index (κ1) is 21.5. The van der Waals surface area contributed by atoms with Crippen LogP contribution in [-0.4, -0.2) is 29.9 Å². The van der Waals surface area contributed by atoms with Gasteiger partial charge in [-0.1, -0.05) is 38.3 Å². The predicted octanol–water partition coefficient (Wildman–Crippen LogP) is 4.30. The minimum Gasteiger partial charge on any atom is -0.426 e. The van der Waals surface area contributed by atoms with Crippen LogP contribution < -0.4 is 10.5 Å². The Morgan fingerprint density at radius 1 is 1.11 bits per heavy atom. The van der Waals surface area contributed by atoms with E-state index in [1.807, 2.05) is 24.0 Å². The molecule has 0 spiro atoms. The number of nitrogens with two attached hydrogens (primary N) is 1. The molecule has 3 N–H and O–H groups in total. The Balaban J connectivity index is 0.00000261. The summed E-state index contributed by atoms with van der Waals surface area (Å²) in [6.45, 7) is 3.44. The van der Waals surface area contributed by atoms with Crippen LogP contribution in [0.1, 0.15) is 63.4 Å². The summed E-state index contributed by atoms with van der Waals surface area (Å²) in [5, 5.41) is 7.50. The van der Waals surface area contributed by atoms with Crippen LogP contribution in [0, 0.1) is 17.2 Å². The fourth-order valence-corrected chi connectivity index (χ4v) is 4.29. The quantitative estimate of drug-likeness (QED) is 0.346. The fraction of sp³-hybridized carbons (Fsp3) is 0.619. The van der Waals surface area contributed by atoms with Crippen LogP contribution in [0.15, 0.2) is 24.3 Å². The van der Waals surface area contributed by atoms with Gasteiger partial charge in [-0.15, -0.1) is 12.4 Å². The summed E-state index contributed by atoms with van der Waals surface area (Å²) in [5.74, 6) is 1.43. The van der Waals surface area contributed by atoms with Crippen molar-refractivity contribution < 1.29 is 9.53 Å². The van der Waals surface area contributed by atoms with Gasteiger partial charge in [-0.3, -0.25) is 10.2 Å². The van der Waals surface area contributed by atoms with E-state index in [1.165, 1.54) is 37.7 Å². The molecule has 2 aliphatic rings. The number of esters is 1. The van der Waals surface area contributed by atoms with Crippen molar-refractivity contribution in [2.45, 2.75) is 57.8 Å². The molecule has 1 atom stereocenters. The molecular weight excluding hydrogens is 362 g/mol. The summed E-state index contributed by atoms with van der Waals surface area (Å²) >= 11 is 0. The van der Waals surface area contributed by atoms with Crippen molar-refractivity contribution in [3.05, 3.63) is 29.8 Å². The standard InChI is InChI=1S/C21H31N3O2.ClH/c1-15(16-11-13-24(14-12-16)21(22)23)20(25)26-19-9-7-18(8-10-19)17-5-3-2-4-6-17;/h7-10,15-17H,2-6,11-14H2,1H3,(H3,22,23);1H. The summed E-state index contributed by atoms with van der Waals surface area (Å²) in [7, 11) is 0. The number of hydrogen-bond donors (Lipinski definition) is 2. The summed E-state index contributed by atoms with van der Waals surface area (Å²) in [4.78, 5) is 14.4. The van der Waals surface area contributed by atoms with Gasteiger partial charge in [0.05, 0.1) is 5.92 Å². The molecule has 5 nitrogen and oxygen atoms in total. The third-order valence-corrected chi connectivity index (χ3v) is 6.13. The molecular formula is C21H32ClN3O2. The molecule has 1 saturated heterocycles. The zero-order valence-electron chi connectivity index (χ0n) is 16.2. The van der Waals surface area contributed by atoms with Crippen LogP contribution in [0.25, 0.3) is 0 Å². The maximum Gasteiger partial charge on any atom is 0.314 e. The van der Waals surface area contributed by atoms with Crippen LogP contribution in [0.5, 0.6) is 5.75 Å². The van der Waals surface area contributed by atoms with Gasteiger partial charge in [0.25, 0.3) is 0 Å². The summed E-state index contributed by atoms with van der Waals surface area (Å²) in [5.41, 5.74) is 6.90. The van der Waals surface area contributed by atoms with Gasteiger partial charge in [0.15, 0.2) is 5.96 Å². The second-order valence-electron chi connectivity index (χ2n) is 7.82. The van der Waals surface area contributed by atoms with Crippen LogP contribution in [0.2, 0.25) is 0 Å². The van der Waals surface area contributed by atoms with Gasteiger partial charge < -0.3 is 15.4 Å². The molecule has 0 radical (unpaired) electrons. The lowest BCUT2D eigenvalue weighted by Gasteiger charge is -2.34. The maximum atomic E-state index is 12.5. The van der Waals surface area contributed by atoms with E-state index >= 15 is 0 Å². The predicted molar refractivity (Wildman–Crippen MR) is 111 cm³/mol. The zero-order chi connectivity index (χ0) is 18.5. The third-order valence-electron chi connectivity index (χ3n) is 6.13. The molecule has 0 aromatic heterocycles. The lowest BCUT2D eigenvalue weighted by atomic mass is 9.84. The Kier molecular flexibility index (Phi) is 7.96. The van der Waals surface area contributed by atoms with Crippen LogP contribution in [0.3, 0.4) is 0 Å². The first-order valence-corrected chi connectivity index (χ1v) is 9.95. The highest BCUT2D eigenvalue weighted by Gasteiger charge is 2.29. The number of benzene rings is 1. The molecule has 0 bridgehead atoms. The molecule has 1 aliphatic carbocycles. The monoisotopic (exact) mass is 393 g/mol. The first-order chi connectivity index (χ1) is 12.5. The van der Waals surface area contributed by atoms with Crippen LogP contribution in [-0.2, 0) is 4.79 Å². The van der Waals surface area contributed by atoms with Gasteiger partial charge in [-0.25, -0.2) is 0 Å². The molecule has 0 amide bonds. The number of rotatable bonds is 4. The molecule has 3 rings (SSSR count). The van der Waals surface area contributed by atoms with Crippen molar-refractivity contribution in [1.29, 1.82) is 5.41 Å². The highest BCUT2D eigenvalue weighted by Crippen LogP contribution is 2.33. The van der Waals surface area contributed by atoms with Crippen LogP contribution >= 0.6 is 12.4 Å². The Morgan fingerprint density at radius 3 is 2.26 bits per heavy atom. The smallest absolute Gasteiger partial charge is 0.314 e. The van der Waals surface area contributed by atoms with E-state index in [2.05, 4.69) is 12.1 Å². The maximum absolute atomic E-state index is 12.5. The average Bonchev–Trinajstić information content (AvgIpc) is 2.68. The fourth-order valence-electron chi connectivity index (χ4n) is 4.29. The third kappa shape index (κ3) is 5.61. The van der Waals surface area contributed by atoms with E-state index in [0.717, 1.165) is 25.9 Å². The zero-order valence-corrected chi connectivity index (χ0v) is 17.0. The number of carbonyl (C=O) groups excluding carboxylic acids is 1. The summed E-state index contributed by atoms with van der Waals surface area (Å²) in [6.07, 6.45) is 8.29. The van der Waals surface area contributed by atoms with Crippen LogP contribution in [0.4, 0.5) is 0 Å². The number of guanidine groups is 1. The second kappa shape index (κ2) is 9.98. The van der Waals surface area contributed by atoms with E-state index in [9.17, 15) is 4.79 Å². The highest BCUT2D eigenvalue weighted by atomic mass is 35.5. The normalized spacial score (nSPS) is 19.8. The van der Waals surface area contributed by atoms with Gasteiger partial charge >= 0.3 is 5.97 Å². The number of ether oxygens (including phenoxy) is 1. The molecule has 150 valence electrons. The lowest BCUT2D eigenvalue weighted by molar-refractivity contribution is -0.140. The number of halogens is 1. The molecule has 1 saturated carbocycles. The van der Waals surface area contributed by atoms with E-state index in [1.54, 1.807) is 0 Å². The number of piperidine rings is 1. The summed E-state index contributed by atoms with van der Waals surface area (Å²) < 4.78 is 5.63. The van der Waals surface area contributed by atoms with Crippen molar-refractivity contribution in [1.82, 2.24) is 4.90 Å². The van der Waals surface area contributed by atoms with Crippen molar-refractivity contribution in [3.8, 4) is 5.75 Å². The van der Waals surface area contributed by atoms with E-state index in [0.29, 0.717) is 17.6 Å². The van der Waals surface area contributed by atoms with Gasteiger partial charge in [-0.2, -0.15) is 0 Å². The first-order valence-electron chi connectivity index (χ1n) is 9.95. The second-order valence-corrected chi connectivity index (χ2v) is 7.82. The van der Waals surface area contributed by atoms with E-state index in [4.69, 9.17) is 15.9 Å². The molecule has 1 aliphatic heterocycles. The molecule has 1 heterocycles. The molecule has 6 heteroatoms. The number of nitrogens with zero attached hydrogens (tertiary/aromatic N) is 1. The number of hydrogen-bond acceptors (Lipinski definition) is 3. The van der Waals surface area contributed by atoms with Crippen molar-refractivity contribution in [3.63, 3.8) is 0 Å². The average molecular weight is 394 g/mol. The largest absolute Gasteiger partial charge is 0.426 e. The Hall–Kier alpha value is -1.75. The molecule has 2 fully saturated rings. The molecule has 1 aromatic rings. The minimum atomic E-state index is -0.156. The van der Waals surface area contributed by atoms with E-state index < -0.39 is 0 Å². The van der Waals surface area contributed by atoms with Gasteiger partial charge in [0.2, 0.25) is 0 Å². The Morgan fingerprint density at radius 2 is 1.70 bits per heavy atom. The van der Waals surface area contributed by atoms with Gasteiger partial charge in [0.1, 0.15) is 5.75 Å². The number of nitrogens with one attached hydrogen (secondary N) is 1. The van der Waals surface area contributed by atoms with Crippen molar-refractivity contribution in [2.75, 3.05) is 13.1 Å². The van der Waals surface area contributed by atoms with Crippen molar-refractivity contribution >= 4 is 24.3 Å². The minimum absolute atomic E-state index is 0.